The molecule has 0 aliphatic carbocycles. The van der Waals surface area contributed by atoms with Crippen LogP contribution in [0.2, 0.25) is 0 Å². The van der Waals surface area contributed by atoms with Crippen LogP contribution in [0.25, 0.3) is 11.1 Å². The van der Waals surface area contributed by atoms with Crippen LogP contribution < -0.4 is 5.32 Å². The summed E-state index contributed by atoms with van der Waals surface area (Å²) in [6.45, 7) is 15.3. The molecule has 1 aromatic carbocycles. The first-order chi connectivity index (χ1) is 11.0. The fourth-order valence-corrected chi connectivity index (χ4v) is 2.37. The van der Waals surface area contributed by atoms with Gasteiger partial charge in [0.1, 0.15) is 11.6 Å². The molecule has 0 unspecified atom stereocenters. The van der Waals surface area contributed by atoms with E-state index in [9.17, 15) is 5.11 Å². The van der Waals surface area contributed by atoms with Crippen LogP contribution in [0, 0.1) is 6.92 Å². The fraction of sp³-hybridized carbons (Fsp3) is 0.500. The number of phenols is 1. The van der Waals surface area contributed by atoms with Gasteiger partial charge in [0.2, 0.25) is 0 Å². The summed E-state index contributed by atoms with van der Waals surface area (Å²) in [5.74, 6) is 1.02. The Bertz CT molecular complexity index is 707. The van der Waals surface area contributed by atoms with Crippen molar-refractivity contribution >= 4 is 0 Å². The van der Waals surface area contributed by atoms with Gasteiger partial charge >= 0.3 is 0 Å². The predicted molar refractivity (Wildman–Crippen MR) is 99.2 cm³/mol. The van der Waals surface area contributed by atoms with Crippen molar-refractivity contribution in [1.29, 1.82) is 0 Å². The summed E-state index contributed by atoms with van der Waals surface area (Å²) in [4.78, 5) is 8.53. The number of benzene rings is 1. The normalized spacial score (nSPS) is 12.5. The summed E-state index contributed by atoms with van der Waals surface area (Å²) in [5, 5.41) is 14.3. The highest BCUT2D eigenvalue weighted by atomic mass is 16.3. The van der Waals surface area contributed by atoms with Gasteiger partial charge in [-0.2, -0.15) is 0 Å². The van der Waals surface area contributed by atoms with E-state index in [-0.39, 0.29) is 11.0 Å². The molecule has 0 atom stereocenters. The molecule has 0 saturated carbocycles. The third-order valence-electron chi connectivity index (χ3n) is 3.96. The van der Waals surface area contributed by atoms with Gasteiger partial charge in [-0.3, -0.25) is 0 Å². The van der Waals surface area contributed by atoms with E-state index >= 15 is 0 Å². The summed E-state index contributed by atoms with van der Waals surface area (Å²) in [6.07, 6.45) is 3.54. The van der Waals surface area contributed by atoms with Crippen molar-refractivity contribution in [2.75, 3.05) is 0 Å². The van der Waals surface area contributed by atoms with Gasteiger partial charge in [0.25, 0.3) is 0 Å². The maximum absolute atomic E-state index is 10.8. The zero-order valence-electron chi connectivity index (χ0n) is 15.9. The first kappa shape index (κ1) is 18.4. The van der Waals surface area contributed by atoms with Crippen LogP contribution in [0.3, 0.4) is 0 Å². The standard InChI is InChI=1S/C20H29N3O/c1-13-21-10-15(11-22-13)17-9-16(19(2,3)4)8-14(18(17)24)12-23-20(5,6)7/h8-11,23-24H,12H2,1-7H3. The lowest BCUT2D eigenvalue weighted by Crippen LogP contribution is -2.35. The minimum Gasteiger partial charge on any atom is -0.507 e. The van der Waals surface area contributed by atoms with Gasteiger partial charge in [-0.1, -0.05) is 26.8 Å². The second kappa shape index (κ2) is 6.52. The van der Waals surface area contributed by atoms with Gasteiger partial charge < -0.3 is 10.4 Å². The number of aromatic nitrogens is 2. The highest BCUT2D eigenvalue weighted by Gasteiger charge is 2.20. The number of nitrogens with zero attached hydrogens (tertiary/aromatic N) is 2. The Labute approximate surface area is 145 Å². The number of rotatable bonds is 3. The maximum Gasteiger partial charge on any atom is 0.128 e. The third kappa shape index (κ3) is 4.54. The Balaban J connectivity index is 2.54. The monoisotopic (exact) mass is 327 g/mol. The van der Waals surface area contributed by atoms with Crippen LogP contribution in [-0.2, 0) is 12.0 Å². The molecule has 4 heteroatoms. The molecule has 2 N–H and O–H groups in total. The van der Waals surface area contributed by atoms with E-state index in [1.165, 1.54) is 5.56 Å². The Kier molecular flexibility index (Phi) is 5.00. The van der Waals surface area contributed by atoms with E-state index in [1.54, 1.807) is 12.4 Å². The largest absolute Gasteiger partial charge is 0.507 e. The topological polar surface area (TPSA) is 58.0 Å². The summed E-state index contributed by atoms with van der Waals surface area (Å²) >= 11 is 0. The summed E-state index contributed by atoms with van der Waals surface area (Å²) < 4.78 is 0. The van der Waals surface area contributed by atoms with Gasteiger partial charge in [-0.05, 0) is 44.7 Å². The van der Waals surface area contributed by atoms with Crippen LogP contribution in [0.5, 0.6) is 5.75 Å². The molecular formula is C20H29N3O. The minimum atomic E-state index is -0.0166. The maximum atomic E-state index is 10.8. The molecule has 0 aliphatic rings. The highest BCUT2D eigenvalue weighted by molar-refractivity contribution is 5.72. The smallest absolute Gasteiger partial charge is 0.128 e. The van der Waals surface area contributed by atoms with E-state index in [4.69, 9.17) is 0 Å². The fourth-order valence-electron chi connectivity index (χ4n) is 2.37. The molecule has 2 aromatic rings. The zero-order chi connectivity index (χ0) is 18.1. The molecule has 24 heavy (non-hydrogen) atoms. The molecule has 4 nitrogen and oxygen atoms in total. The van der Waals surface area contributed by atoms with Gasteiger partial charge in [0, 0.05) is 41.2 Å². The van der Waals surface area contributed by atoms with Crippen molar-refractivity contribution in [2.45, 2.75) is 66.0 Å². The first-order valence-electron chi connectivity index (χ1n) is 8.38. The average Bonchev–Trinajstić information content (AvgIpc) is 2.45. The van der Waals surface area contributed by atoms with Gasteiger partial charge in [0.15, 0.2) is 0 Å². The molecule has 0 spiro atoms. The molecule has 2 rings (SSSR count). The van der Waals surface area contributed by atoms with Crippen LogP contribution in [0.1, 0.15) is 58.5 Å². The van der Waals surface area contributed by atoms with E-state index in [1.807, 2.05) is 13.0 Å². The molecule has 0 radical (unpaired) electrons. The van der Waals surface area contributed by atoms with Gasteiger partial charge in [-0.15, -0.1) is 0 Å². The minimum absolute atomic E-state index is 0.00944. The van der Waals surface area contributed by atoms with E-state index < -0.39 is 0 Å². The van der Waals surface area contributed by atoms with Crippen molar-refractivity contribution in [3.05, 3.63) is 41.5 Å². The predicted octanol–water partition coefficient (Wildman–Crippen LogP) is 4.34. The quantitative estimate of drug-likeness (QED) is 0.880. The lowest BCUT2D eigenvalue weighted by atomic mass is 9.84. The number of aromatic hydroxyl groups is 1. The molecule has 1 aromatic heterocycles. The van der Waals surface area contributed by atoms with E-state index in [2.05, 4.69) is 62.9 Å². The highest BCUT2D eigenvalue weighted by Crippen LogP contribution is 2.37. The molecule has 0 amide bonds. The third-order valence-corrected chi connectivity index (χ3v) is 3.96. The van der Waals surface area contributed by atoms with Crippen LogP contribution >= 0.6 is 0 Å². The molecule has 0 fully saturated rings. The zero-order valence-corrected chi connectivity index (χ0v) is 15.9. The Morgan fingerprint density at radius 3 is 2.08 bits per heavy atom. The first-order valence-corrected chi connectivity index (χ1v) is 8.38. The van der Waals surface area contributed by atoms with Gasteiger partial charge in [-0.25, -0.2) is 9.97 Å². The number of phenolic OH excluding ortho intramolecular Hbond substituents is 1. The number of nitrogens with one attached hydrogen (secondary N) is 1. The average molecular weight is 327 g/mol. The molecule has 0 saturated heterocycles. The van der Waals surface area contributed by atoms with Gasteiger partial charge in [0.05, 0.1) is 0 Å². The van der Waals surface area contributed by atoms with Crippen LogP contribution in [0.15, 0.2) is 24.5 Å². The molecule has 1 heterocycles. The van der Waals surface area contributed by atoms with Crippen LogP contribution in [0.4, 0.5) is 0 Å². The molecule has 130 valence electrons. The van der Waals surface area contributed by atoms with Crippen molar-refractivity contribution < 1.29 is 5.11 Å². The van der Waals surface area contributed by atoms with Crippen molar-refractivity contribution in [1.82, 2.24) is 15.3 Å². The second-order valence-electron chi connectivity index (χ2n) is 8.40. The Morgan fingerprint density at radius 1 is 1.00 bits per heavy atom. The van der Waals surface area contributed by atoms with Crippen molar-refractivity contribution in [2.24, 2.45) is 0 Å². The molecular weight excluding hydrogens is 298 g/mol. The van der Waals surface area contributed by atoms with E-state index in [0.29, 0.717) is 12.3 Å². The Morgan fingerprint density at radius 2 is 1.58 bits per heavy atom. The van der Waals surface area contributed by atoms with Crippen LogP contribution in [-0.4, -0.2) is 20.6 Å². The lowest BCUT2D eigenvalue weighted by Gasteiger charge is -2.25. The van der Waals surface area contributed by atoms with E-state index in [0.717, 1.165) is 22.5 Å². The second-order valence-corrected chi connectivity index (χ2v) is 8.40. The SMILES string of the molecule is Cc1ncc(-c2cc(C(C)(C)C)cc(CNC(C)(C)C)c2O)cn1. The summed E-state index contributed by atoms with van der Waals surface area (Å²) in [5.41, 5.74) is 3.67. The summed E-state index contributed by atoms with van der Waals surface area (Å²) in [7, 11) is 0. The number of aryl methyl sites for hydroxylation is 1. The number of hydrogen-bond donors (Lipinski definition) is 2. The molecule has 0 bridgehead atoms. The molecule has 0 aliphatic heterocycles. The van der Waals surface area contributed by atoms with Crippen molar-refractivity contribution in [3.63, 3.8) is 0 Å². The van der Waals surface area contributed by atoms with Crippen molar-refractivity contribution in [3.8, 4) is 16.9 Å². The summed E-state index contributed by atoms with van der Waals surface area (Å²) in [6, 6.07) is 4.14. The lowest BCUT2D eigenvalue weighted by molar-refractivity contribution is 0.411. The Hall–Kier alpha value is -1.94. The number of hydrogen-bond acceptors (Lipinski definition) is 4.